The smallest absolute Gasteiger partial charge is 0.232 e. The topological polar surface area (TPSA) is 74.2 Å². The second kappa shape index (κ2) is 6.49. The van der Waals surface area contributed by atoms with Crippen molar-refractivity contribution in [3.05, 3.63) is 41.5 Å². The molecule has 1 aromatic heterocycles. The highest BCUT2D eigenvalue weighted by molar-refractivity contribution is 5.85. The van der Waals surface area contributed by atoms with Gasteiger partial charge in [0.15, 0.2) is 5.82 Å². The van der Waals surface area contributed by atoms with E-state index in [1.54, 1.807) is 7.11 Å². The van der Waals surface area contributed by atoms with E-state index in [1.807, 2.05) is 18.2 Å². The van der Waals surface area contributed by atoms with Crippen molar-refractivity contribution >= 4 is 12.4 Å². The summed E-state index contributed by atoms with van der Waals surface area (Å²) in [5.41, 5.74) is 6.74. The third-order valence-corrected chi connectivity index (χ3v) is 4.52. The van der Waals surface area contributed by atoms with E-state index in [0.717, 1.165) is 37.0 Å². The molecule has 0 radical (unpaired) electrons. The number of nitrogens with zero attached hydrogens (tertiary/aromatic N) is 2. The molecule has 1 fully saturated rings. The van der Waals surface area contributed by atoms with Gasteiger partial charge in [-0.1, -0.05) is 37.2 Å². The summed E-state index contributed by atoms with van der Waals surface area (Å²) in [6, 6.07) is 8.01. The fourth-order valence-electron chi connectivity index (χ4n) is 2.88. The molecular formula is C17H24ClN3O2. The number of rotatable bonds is 5. The molecular weight excluding hydrogens is 314 g/mol. The predicted molar refractivity (Wildman–Crippen MR) is 91.0 cm³/mol. The van der Waals surface area contributed by atoms with Crippen molar-refractivity contribution in [1.29, 1.82) is 0 Å². The Kier molecular flexibility index (Phi) is 5.01. The van der Waals surface area contributed by atoms with Gasteiger partial charge in [-0.25, -0.2) is 0 Å². The van der Waals surface area contributed by atoms with Crippen molar-refractivity contribution in [3.63, 3.8) is 0 Å². The zero-order chi connectivity index (χ0) is 15.8. The number of methoxy groups -OCH3 is 1. The molecule has 1 heterocycles. The maximum atomic E-state index is 6.27. The summed E-state index contributed by atoms with van der Waals surface area (Å²) in [6.07, 6.45) is 3.75. The Morgan fingerprint density at radius 2 is 2.00 bits per heavy atom. The fourth-order valence-corrected chi connectivity index (χ4v) is 2.88. The number of para-hydroxylation sites is 1. The molecule has 1 aliphatic rings. The minimum atomic E-state index is -0.387. The SMILES string of the molecule is COc1ccccc1CC(C)(C)c1nc(C2(N)CCC2)no1.Cl. The van der Waals surface area contributed by atoms with Gasteiger partial charge in [-0.2, -0.15) is 4.98 Å². The van der Waals surface area contributed by atoms with Crippen LogP contribution in [0.3, 0.4) is 0 Å². The van der Waals surface area contributed by atoms with Gasteiger partial charge in [0.05, 0.1) is 12.6 Å². The molecule has 0 saturated heterocycles. The van der Waals surface area contributed by atoms with Crippen LogP contribution < -0.4 is 10.5 Å². The number of halogens is 1. The maximum Gasteiger partial charge on any atom is 0.232 e. The molecule has 23 heavy (non-hydrogen) atoms. The van der Waals surface area contributed by atoms with E-state index in [1.165, 1.54) is 0 Å². The highest BCUT2D eigenvalue weighted by atomic mass is 35.5. The van der Waals surface area contributed by atoms with E-state index in [2.05, 4.69) is 30.1 Å². The Labute approximate surface area is 143 Å². The molecule has 0 amide bonds. The summed E-state index contributed by atoms with van der Waals surface area (Å²) in [6.45, 7) is 4.20. The average Bonchev–Trinajstić information content (AvgIpc) is 2.96. The molecule has 0 atom stereocenters. The lowest BCUT2D eigenvalue weighted by Crippen LogP contribution is -2.44. The number of aromatic nitrogens is 2. The minimum Gasteiger partial charge on any atom is -0.496 e. The summed E-state index contributed by atoms with van der Waals surface area (Å²) >= 11 is 0. The van der Waals surface area contributed by atoms with E-state index in [-0.39, 0.29) is 23.4 Å². The Balaban J connectivity index is 0.00000192. The van der Waals surface area contributed by atoms with Gasteiger partial charge in [-0.3, -0.25) is 0 Å². The molecule has 5 nitrogen and oxygen atoms in total. The molecule has 0 aliphatic heterocycles. The summed E-state index contributed by atoms with van der Waals surface area (Å²) in [5.74, 6) is 2.15. The first kappa shape index (κ1) is 17.8. The van der Waals surface area contributed by atoms with E-state index in [4.69, 9.17) is 15.0 Å². The lowest BCUT2D eigenvalue weighted by Gasteiger charge is -2.34. The first-order chi connectivity index (χ1) is 10.4. The van der Waals surface area contributed by atoms with Gasteiger partial charge in [0, 0.05) is 5.41 Å². The van der Waals surface area contributed by atoms with E-state index in [9.17, 15) is 0 Å². The number of ether oxygens (including phenoxy) is 1. The highest BCUT2D eigenvalue weighted by Gasteiger charge is 2.40. The van der Waals surface area contributed by atoms with Crippen LogP contribution in [0.25, 0.3) is 0 Å². The standard InChI is InChI=1S/C17H23N3O2.ClH/c1-16(2,11-12-7-4-5-8-13(12)21-3)15-19-14(20-22-15)17(18)9-6-10-17;/h4-5,7-8H,6,9-11,18H2,1-3H3;1H. The first-order valence-corrected chi connectivity index (χ1v) is 7.70. The van der Waals surface area contributed by atoms with Gasteiger partial charge in [0.1, 0.15) is 5.75 Å². The zero-order valence-electron chi connectivity index (χ0n) is 13.8. The number of nitrogens with two attached hydrogens (primary N) is 1. The summed E-state index contributed by atoms with van der Waals surface area (Å²) < 4.78 is 10.9. The summed E-state index contributed by atoms with van der Waals surface area (Å²) in [7, 11) is 1.69. The van der Waals surface area contributed by atoms with E-state index < -0.39 is 0 Å². The van der Waals surface area contributed by atoms with Gasteiger partial charge in [-0.15, -0.1) is 12.4 Å². The molecule has 2 N–H and O–H groups in total. The molecule has 0 bridgehead atoms. The fraction of sp³-hybridized carbons (Fsp3) is 0.529. The molecule has 1 saturated carbocycles. The predicted octanol–water partition coefficient (Wildman–Crippen LogP) is 3.36. The van der Waals surface area contributed by atoms with Crippen LogP contribution in [-0.4, -0.2) is 17.3 Å². The molecule has 6 heteroatoms. The van der Waals surface area contributed by atoms with Gasteiger partial charge >= 0.3 is 0 Å². The Morgan fingerprint density at radius 1 is 1.30 bits per heavy atom. The zero-order valence-corrected chi connectivity index (χ0v) is 14.7. The Bertz CT molecular complexity index is 665. The molecule has 1 aromatic carbocycles. The monoisotopic (exact) mass is 337 g/mol. The van der Waals surface area contributed by atoms with Crippen LogP contribution in [0.5, 0.6) is 5.75 Å². The highest BCUT2D eigenvalue weighted by Crippen LogP contribution is 2.38. The van der Waals surface area contributed by atoms with Crippen LogP contribution in [0, 0.1) is 0 Å². The normalized spacial score (nSPS) is 16.3. The molecule has 0 unspecified atom stereocenters. The maximum absolute atomic E-state index is 6.27. The van der Waals surface area contributed by atoms with Crippen LogP contribution in [0.15, 0.2) is 28.8 Å². The summed E-state index contributed by atoms with van der Waals surface area (Å²) in [5, 5.41) is 4.12. The summed E-state index contributed by atoms with van der Waals surface area (Å²) in [4.78, 5) is 4.58. The van der Waals surface area contributed by atoms with Gasteiger partial charge in [0.2, 0.25) is 5.89 Å². The van der Waals surface area contributed by atoms with Crippen LogP contribution in [0.1, 0.15) is 50.4 Å². The van der Waals surface area contributed by atoms with Crippen LogP contribution in [0.4, 0.5) is 0 Å². The van der Waals surface area contributed by atoms with Crippen molar-refractivity contribution in [1.82, 2.24) is 10.1 Å². The van der Waals surface area contributed by atoms with Gasteiger partial charge in [-0.05, 0) is 37.3 Å². The molecule has 2 aromatic rings. The second-order valence-corrected chi connectivity index (χ2v) is 6.81. The van der Waals surface area contributed by atoms with Crippen molar-refractivity contribution in [2.75, 3.05) is 7.11 Å². The number of hydrogen-bond acceptors (Lipinski definition) is 5. The first-order valence-electron chi connectivity index (χ1n) is 7.70. The molecule has 126 valence electrons. The Hall–Kier alpha value is -1.59. The Morgan fingerprint density at radius 3 is 2.61 bits per heavy atom. The third kappa shape index (κ3) is 3.35. The number of hydrogen-bond donors (Lipinski definition) is 1. The average molecular weight is 338 g/mol. The van der Waals surface area contributed by atoms with Crippen molar-refractivity contribution in [2.24, 2.45) is 5.73 Å². The lowest BCUT2D eigenvalue weighted by atomic mass is 9.77. The largest absolute Gasteiger partial charge is 0.496 e. The molecule has 1 aliphatic carbocycles. The van der Waals surface area contributed by atoms with Crippen LogP contribution >= 0.6 is 12.4 Å². The molecule has 3 rings (SSSR count). The number of benzene rings is 1. The minimum absolute atomic E-state index is 0. The quantitative estimate of drug-likeness (QED) is 0.905. The van der Waals surface area contributed by atoms with Crippen LogP contribution in [0.2, 0.25) is 0 Å². The van der Waals surface area contributed by atoms with Gasteiger partial charge in [0.25, 0.3) is 0 Å². The van der Waals surface area contributed by atoms with Crippen molar-refractivity contribution in [2.45, 2.75) is 50.5 Å². The second-order valence-electron chi connectivity index (χ2n) is 6.81. The van der Waals surface area contributed by atoms with Crippen molar-refractivity contribution < 1.29 is 9.26 Å². The van der Waals surface area contributed by atoms with Gasteiger partial charge < -0.3 is 15.0 Å². The molecule has 0 spiro atoms. The lowest BCUT2D eigenvalue weighted by molar-refractivity contribution is 0.227. The van der Waals surface area contributed by atoms with Crippen LogP contribution in [-0.2, 0) is 17.4 Å². The van der Waals surface area contributed by atoms with Crippen molar-refractivity contribution in [3.8, 4) is 5.75 Å². The third-order valence-electron chi connectivity index (χ3n) is 4.52. The van der Waals surface area contributed by atoms with E-state index >= 15 is 0 Å². The van der Waals surface area contributed by atoms with E-state index in [0.29, 0.717) is 11.7 Å².